The summed E-state index contributed by atoms with van der Waals surface area (Å²) in [6.07, 6.45) is 1.06. The summed E-state index contributed by atoms with van der Waals surface area (Å²) < 4.78 is 31.7. The zero-order valence-corrected chi connectivity index (χ0v) is 22.3. The maximum atomic E-state index is 13.5. The number of sulfonamides is 1. The lowest BCUT2D eigenvalue weighted by atomic mass is 10.1. The second-order valence-electron chi connectivity index (χ2n) is 9.02. The van der Waals surface area contributed by atoms with Crippen molar-refractivity contribution in [3.8, 4) is 5.75 Å². The first-order valence-corrected chi connectivity index (χ1v) is 13.6. The Morgan fingerprint density at radius 2 is 1.60 bits per heavy atom. The number of carbonyl (C=O) groups is 2. The molecule has 1 atom stereocenters. The van der Waals surface area contributed by atoms with Gasteiger partial charge in [0.15, 0.2) is 0 Å². The van der Waals surface area contributed by atoms with Gasteiger partial charge in [0.2, 0.25) is 21.8 Å². The number of hydrogen-bond acceptors (Lipinski definition) is 5. The Kier molecular flexibility index (Phi) is 10.1. The fraction of sp³-hybridized carbons (Fsp3) is 0.462. The van der Waals surface area contributed by atoms with Crippen LogP contribution in [0.15, 0.2) is 48.5 Å². The highest BCUT2D eigenvalue weighted by Crippen LogP contribution is 2.22. The SMILES string of the molecule is CCOc1ccc(N(CC(=O)N(Cc2ccc(C)cc2)[C@H](C)C(=O)NCC(C)C)S(C)(=O)=O)cc1. The number of rotatable bonds is 12. The number of aryl methyl sites for hydroxylation is 1. The van der Waals surface area contributed by atoms with Gasteiger partial charge in [-0.3, -0.25) is 13.9 Å². The Hall–Kier alpha value is -3.07. The van der Waals surface area contributed by atoms with Gasteiger partial charge < -0.3 is 15.0 Å². The van der Waals surface area contributed by atoms with Crippen molar-refractivity contribution in [3.63, 3.8) is 0 Å². The number of nitrogens with one attached hydrogen (secondary N) is 1. The highest BCUT2D eigenvalue weighted by atomic mass is 32.2. The van der Waals surface area contributed by atoms with Crippen molar-refractivity contribution in [2.45, 2.75) is 47.2 Å². The second-order valence-corrected chi connectivity index (χ2v) is 10.9. The Bertz CT molecular complexity index is 1080. The van der Waals surface area contributed by atoms with E-state index in [1.54, 1.807) is 31.2 Å². The van der Waals surface area contributed by atoms with Gasteiger partial charge in [-0.25, -0.2) is 8.42 Å². The van der Waals surface area contributed by atoms with Crippen molar-refractivity contribution in [1.82, 2.24) is 10.2 Å². The van der Waals surface area contributed by atoms with Crippen LogP contribution in [0.4, 0.5) is 5.69 Å². The minimum Gasteiger partial charge on any atom is -0.494 e. The largest absolute Gasteiger partial charge is 0.494 e. The van der Waals surface area contributed by atoms with Gasteiger partial charge in [0, 0.05) is 13.1 Å². The molecule has 0 bridgehead atoms. The summed E-state index contributed by atoms with van der Waals surface area (Å²) in [6, 6.07) is 13.4. The van der Waals surface area contributed by atoms with Crippen molar-refractivity contribution in [3.05, 3.63) is 59.7 Å². The molecule has 0 aromatic heterocycles. The van der Waals surface area contributed by atoms with Crippen molar-refractivity contribution < 1.29 is 22.7 Å². The first-order chi connectivity index (χ1) is 16.4. The number of hydrogen-bond donors (Lipinski definition) is 1. The average molecular weight is 504 g/mol. The molecule has 0 aliphatic heterocycles. The van der Waals surface area contributed by atoms with Crippen LogP contribution in [0.3, 0.4) is 0 Å². The summed E-state index contributed by atoms with van der Waals surface area (Å²) in [7, 11) is -3.77. The average Bonchev–Trinajstić information content (AvgIpc) is 2.80. The second kappa shape index (κ2) is 12.6. The molecule has 192 valence electrons. The first-order valence-electron chi connectivity index (χ1n) is 11.8. The molecule has 2 aromatic carbocycles. The standard InChI is InChI=1S/C26H37N3O5S/c1-7-34-24-14-12-23(13-15-24)29(35(6,32)33)18-25(30)28(17-22-10-8-20(4)9-11-22)21(5)26(31)27-16-19(2)3/h8-15,19,21H,7,16-18H2,1-6H3,(H,27,31)/t21-/m1/s1. The van der Waals surface area contributed by atoms with Crippen molar-refractivity contribution in [2.24, 2.45) is 5.92 Å². The maximum absolute atomic E-state index is 13.5. The van der Waals surface area contributed by atoms with Gasteiger partial charge in [-0.05, 0) is 56.5 Å². The summed E-state index contributed by atoms with van der Waals surface area (Å²) in [5, 5.41) is 2.87. The lowest BCUT2D eigenvalue weighted by molar-refractivity contribution is -0.139. The molecule has 0 saturated heterocycles. The van der Waals surface area contributed by atoms with E-state index in [9.17, 15) is 18.0 Å². The number of nitrogens with zero attached hydrogens (tertiary/aromatic N) is 2. The molecule has 0 fully saturated rings. The van der Waals surface area contributed by atoms with Gasteiger partial charge in [0.05, 0.1) is 18.6 Å². The van der Waals surface area contributed by atoms with Crippen LogP contribution >= 0.6 is 0 Å². The molecular formula is C26H37N3O5S. The molecule has 2 aromatic rings. The Balaban J connectivity index is 2.33. The molecule has 0 aliphatic carbocycles. The third kappa shape index (κ3) is 8.58. The molecule has 0 heterocycles. The minimum absolute atomic E-state index is 0.177. The van der Waals surface area contributed by atoms with Crippen LogP contribution in [-0.2, 0) is 26.2 Å². The van der Waals surface area contributed by atoms with E-state index in [1.807, 2.05) is 52.0 Å². The van der Waals surface area contributed by atoms with E-state index in [0.29, 0.717) is 24.6 Å². The van der Waals surface area contributed by atoms with E-state index >= 15 is 0 Å². The van der Waals surface area contributed by atoms with Crippen LogP contribution in [-0.4, -0.2) is 57.1 Å². The lowest BCUT2D eigenvalue weighted by Gasteiger charge is -2.31. The third-order valence-electron chi connectivity index (χ3n) is 5.44. The van der Waals surface area contributed by atoms with Crippen LogP contribution in [0.1, 0.15) is 38.8 Å². The molecule has 2 amide bonds. The van der Waals surface area contributed by atoms with Crippen molar-refractivity contribution >= 4 is 27.5 Å². The summed E-state index contributed by atoms with van der Waals surface area (Å²) in [5.41, 5.74) is 2.27. The fourth-order valence-corrected chi connectivity index (χ4v) is 4.26. The first kappa shape index (κ1) is 28.2. The highest BCUT2D eigenvalue weighted by Gasteiger charge is 2.30. The third-order valence-corrected chi connectivity index (χ3v) is 6.58. The van der Waals surface area contributed by atoms with Crippen molar-refractivity contribution in [1.29, 1.82) is 0 Å². The van der Waals surface area contributed by atoms with E-state index in [2.05, 4.69) is 5.32 Å². The Labute approximate surface area is 209 Å². The molecule has 0 saturated carbocycles. The van der Waals surface area contributed by atoms with Crippen molar-refractivity contribution in [2.75, 3.05) is 30.3 Å². The molecule has 0 radical (unpaired) electrons. The molecule has 35 heavy (non-hydrogen) atoms. The zero-order valence-electron chi connectivity index (χ0n) is 21.4. The molecule has 8 nitrogen and oxygen atoms in total. The highest BCUT2D eigenvalue weighted by molar-refractivity contribution is 7.92. The normalized spacial score (nSPS) is 12.2. The molecule has 9 heteroatoms. The van der Waals surface area contributed by atoms with Gasteiger partial charge in [0.25, 0.3) is 0 Å². The Morgan fingerprint density at radius 3 is 2.11 bits per heavy atom. The van der Waals surface area contributed by atoms with Crippen LogP contribution in [0.2, 0.25) is 0 Å². The van der Waals surface area contributed by atoms with E-state index in [0.717, 1.165) is 21.7 Å². The summed E-state index contributed by atoms with van der Waals surface area (Å²) >= 11 is 0. The van der Waals surface area contributed by atoms with Crippen LogP contribution in [0.25, 0.3) is 0 Å². The van der Waals surface area contributed by atoms with Gasteiger partial charge in [-0.2, -0.15) is 0 Å². The number of benzene rings is 2. The van der Waals surface area contributed by atoms with E-state index in [4.69, 9.17) is 4.74 Å². The van der Waals surface area contributed by atoms with E-state index in [-0.39, 0.29) is 18.4 Å². The molecule has 0 aliphatic rings. The smallest absolute Gasteiger partial charge is 0.244 e. The number of ether oxygens (including phenoxy) is 1. The van der Waals surface area contributed by atoms with Crippen LogP contribution in [0, 0.1) is 12.8 Å². The maximum Gasteiger partial charge on any atom is 0.244 e. The van der Waals surface area contributed by atoms with Gasteiger partial charge in [-0.1, -0.05) is 43.7 Å². The molecule has 0 unspecified atom stereocenters. The summed E-state index contributed by atoms with van der Waals surface area (Å²) in [4.78, 5) is 27.8. The Morgan fingerprint density at radius 1 is 1.00 bits per heavy atom. The zero-order chi connectivity index (χ0) is 26.2. The van der Waals surface area contributed by atoms with Gasteiger partial charge in [-0.15, -0.1) is 0 Å². The van der Waals surface area contributed by atoms with E-state index < -0.39 is 28.5 Å². The topological polar surface area (TPSA) is 96.0 Å². The number of carbonyl (C=O) groups excluding carboxylic acids is 2. The lowest BCUT2D eigenvalue weighted by Crippen LogP contribution is -2.51. The quantitative estimate of drug-likeness (QED) is 0.479. The fourth-order valence-electron chi connectivity index (χ4n) is 3.41. The molecule has 2 rings (SSSR count). The predicted octanol–water partition coefficient (Wildman–Crippen LogP) is 3.35. The summed E-state index contributed by atoms with van der Waals surface area (Å²) in [6.45, 7) is 10.2. The summed E-state index contributed by atoms with van der Waals surface area (Å²) in [5.74, 6) is 0.100. The van der Waals surface area contributed by atoms with Gasteiger partial charge in [0.1, 0.15) is 18.3 Å². The number of amides is 2. The number of anilines is 1. The van der Waals surface area contributed by atoms with Crippen LogP contribution in [0.5, 0.6) is 5.75 Å². The molecular weight excluding hydrogens is 466 g/mol. The van der Waals surface area contributed by atoms with E-state index in [1.165, 1.54) is 4.90 Å². The molecule has 0 spiro atoms. The predicted molar refractivity (Wildman–Crippen MR) is 139 cm³/mol. The minimum atomic E-state index is -3.77. The van der Waals surface area contributed by atoms with Gasteiger partial charge >= 0.3 is 0 Å². The molecule has 1 N–H and O–H groups in total. The van der Waals surface area contributed by atoms with Crippen LogP contribution < -0.4 is 14.4 Å². The monoisotopic (exact) mass is 503 g/mol.